The second kappa shape index (κ2) is 8.91. The van der Waals surface area contributed by atoms with Crippen LogP contribution in [0.4, 0.5) is 5.69 Å². The zero-order chi connectivity index (χ0) is 22.0. The van der Waals surface area contributed by atoms with Crippen molar-refractivity contribution in [1.82, 2.24) is 9.91 Å². The average Bonchev–Trinajstić information content (AvgIpc) is 3.04. The van der Waals surface area contributed by atoms with Crippen molar-refractivity contribution in [3.05, 3.63) is 42.0 Å². The molecule has 4 rings (SSSR count). The molecule has 2 heterocycles. The van der Waals surface area contributed by atoms with Gasteiger partial charge in [0.2, 0.25) is 0 Å². The highest BCUT2D eigenvalue weighted by atomic mass is 16.5. The fraction of sp³-hybridized carbons (Fsp3) is 0.478. The van der Waals surface area contributed by atoms with Gasteiger partial charge in [-0.3, -0.25) is 24.6 Å². The van der Waals surface area contributed by atoms with E-state index < -0.39 is 0 Å². The third-order valence-electron chi connectivity index (χ3n) is 6.26. The van der Waals surface area contributed by atoms with E-state index in [1.54, 1.807) is 36.1 Å². The molecular formula is C23H27N3O5. The first-order chi connectivity index (χ1) is 15.0. The van der Waals surface area contributed by atoms with Gasteiger partial charge in [-0.2, -0.15) is 5.01 Å². The van der Waals surface area contributed by atoms with Crippen molar-refractivity contribution in [3.63, 3.8) is 0 Å². The van der Waals surface area contributed by atoms with Crippen molar-refractivity contribution in [2.75, 3.05) is 25.1 Å². The Labute approximate surface area is 181 Å². The molecule has 1 aliphatic carbocycles. The Kier molecular flexibility index (Phi) is 6.06. The second-order valence-corrected chi connectivity index (χ2v) is 8.18. The standard InChI is InChI=1S/C23H27N3O5/c1-2-31-23(30)15-10-12-25(13-11-15)20(27)16-6-5-7-17(14-16)24-26-21(28)18-8-3-4-9-19(18)22(26)29/h3-7,14-15,18-19,24H,2,8-13H2,1H3. The van der Waals surface area contributed by atoms with Crippen LogP contribution in [0.1, 0.15) is 43.0 Å². The molecule has 0 radical (unpaired) electrons. The molecule has 1 N–H and O–H groups in total. The van der Waals surface area contributed by atoms with Gasteiger partial charge in [0.25, 0.3) is 17.7 Å². The maximum Gasteiger partial charge on any atom is 0.309 e. The summed E-state index contributed by atoms with van der Waals surface area (Å²) in [5.41, 5.74) is 3.89. The van der Waals surface area contributed by atoms with E-state index in [4.69, 9.17) is 4.74 Å². The summed E-state index contributed by atoms with van der Waals surface area (Å²) in [5, 5.41) is 1.09. The summed E-state index contributed by atoms with van der Waals surface area (Å²) in [6.07, 6.45) is 6.20. The number of benzene rings is 1. The molecule has 8 heteroatoms. The number of imide groups is 1. The summed E-state index contributed by atoms with van der Waals surface area (Å²) in [7, 11) is 0. The van der Waals surface area contributed by atoms with Crippen molar-refractivity contribution in [2.24, 2.45) is 17.8 Å². The summed E-state index contributed by atoms with van der Waals surface area (Å²) < 4.78 is 5.08. The van der Waals surface area contributed by atoms with Crippen LogP contribution < -0.4 is 5.43 Å². The van der Waals surface area contributed by atoms with E-state index in [1.807, 2.05) is 12.2 Å². The topological polar surface area (TPSA) is 96.0 Å². The average molecular weight is 425 g/mol. The Bertz CT molecular complexity index is 894. The third kappa shape index (κ3) is 4.19. The Morgan fingerprint density at radius 1 is 1.06 bits per heavy atom. The van der Waals surface area contributed by atoms with Crippen molar-refractivity contribution < 1.29 is 23.9 Å². The minimum atomic E-state index is -0.310. The lowest BCUT2D eigenvalue weighted by molar-refractivity contribution is -0.149. The third-order valence-corrected chi connectivity index (χ3v) is 6.26. The van der Waals surface area contributed by atoms with E-state index in [0.717, 1.165) is 5.01 Å². The fourth-order valence-corrected chi connectivity index (χ4v) is 4.52. The number of piperidine rings is 1. The number of rotatable bonds is 5. The van der Waals surface area contributed by atoms with Gasteiger partial charge in [-0.05, 0) is 50.8 Å². The summed E-state index contributed by atoms with van der Waals surface area (Å²) >= 11 is 0. The molecule has 0 bridgehead atoms. The molecule has 31 heavy (non-hydrogen) atoms. The summed E-state index contributed by atoms with van der Waals surface area (Å²) in [5.74, 6) is -1.57. The molecule has 2 aliphatic heterocycles. The van der Waals surface area contributed by atoms with Gasteiger partial charge in [0.15, 0.2) is 0 Å². The SMILES string of the molecule is CCOC(=O)C1CCN(C(=O)c2cccc(NN3C(=O)C4CC=CCC4C3=O)c2)CC1. The lowest BCUT2D eigenvalue weighted by atomic mass is 9.85. The Hall–Kier alpha value is -3.16. The number of amides is 3. The largest absolute Gasteiger partial charge is 0.466 e. The van der Waals surface area contributed by atoms with E-state index in [0.29, 0.717) is 56.6 Å². The number of anilines is 1. The van der Waals surface area contributed by atoms with Gasteiger partial charge < -0.3 is 9.64 Å². The number of allylic oxidation sites excluding steroid dienone is 2. The molecule has 1 aromatic rings. The maximum absolute atomic E-state index is 13.0. The number of ether oxygens (including phenoxy) is 1. The monoisotopic (exact) mass is 425 g/mol. The van der Waals surface area contributed by atoms with Crippen LogP contribution in [0, 0.1) is 17.8 Å². The summed E-state index contributed by atoms with van der Waals surface area (Å²) in [6, 6.07) is 6.81. The number of nitrogens with zero attached hydrogens (tertiary/aromatic N) is 2. The lowest BCUT2D eigenvalue weighted by Gasteiger charge is -2.31. The molecule has 2 unspecified atom stereocenters. The highest BCUT2D eigenvalue weighted by Gasteiger charge is 2.47. The number of hydrogen-bond acceptors (Lipinski definition) is 6. The van der Waals surface area contributed by atoms with Crippen molar-refractivity contribution in [2.45, 2.75) is 32.6 Å². The van der Waals surface area contributed by atoms with Crippen LogP contribution >= 0.6 is 0 Å². The molecule has 3 amide bonds. The molecule has 164 valence electrons. The maximum atomic E-state index is 13.0. The van der Waals surface area contributed by atoms with Gasteiger partial charge in [-0.1, -0.05) is 18.2 Å². The van der Waals surface area contributed by atoms with Crippen LogP contribution in [0.5, 0.6) is 0 Å². The van der Waals surface area contributed by atoms with Crippen LogP contribution in [0.3, 0.4) is 0 Å². The number of nitrogens with one attached hydrogen (secondary N) is 1. The highest BCUT2D eigenvalue weighted by Crippen LogP contribution is 2.35. The summed E-state index contributed by atoms with van der Waals surface area (Å²) in [6.45, 7) is 3.11. The predicted molar refractivity (Wildman–Crippen MR) is 113 cm³/mol. The van der Waals surface area contributed by atoms with Gasteiger partial charge in [0.05, 0.1) is 30.0 Å². The first-order valence-electron chi connectivity index (χ1n) is 10.8. The van der Waals surface area contributed by atoms with Crippen LogP contribution in [0.25, 0.3) is 0 Å². The number of esters is 1. The van der Waals surface area contributed by atoms with Gasteiger partial charge in [0.1, 0.15) is 0 Å². The molecule has 0 spiro atoms. The van der Waals surface area contributed by atoms with Crippen LogP contribution in [0.2, 0.25) is 0 Å². The molecule has 3 aliphatic rings. The molecular weight excluding hydrogens is 398 g/mol. The van der Waals surface area contributed by atoms with Crippen molar-refractivity contribution >= 4 is 29.4 Å². The smallest absolute Gasteiger partial charge is 0.309 e. The Morgan fingerprint density at radius 3 is 2.32 bits per heavy atom. The molecule has 8 nitrogen and oxygen atoms in total. The van der Waals surface area contributed by atoms with Crippen molar-refractivity contribution in [3.8, 4) is 0 Å². The van der Waals surface area contributed by atoms with E-state index in [2.05, 4.69) is 5.43 Å². The normalized spacial score (nSPS) is 23.6. The fourth-order valence-electron chi connectivity index (χ4n) is 4.52. The van der Waals surface area contributed by atoms with Crippen LogP contribution in [0.15, 0.2) is 36.4 Å². The molecule has 2 saturated heterocycles. The van der Waals surface area contributed by atoms with Gasteiger partial charge in [0, 0.05) is 18.7 Å². The minimum Gasteiger partial charge on any atom is -0.466 e. The predicted octanol–water partition coefficient (Wildman–Crippen LogP) is 2.38. The van der Waals surface area contributed by atoms with Crippen LogP contribution in [-0.2, 0) is 19.1 Å². The highest BCUT2D eigenvalue weighted by molar-refractivity contribution is 6.06. The Balaban J connectivity index is 1.40. The number of carbonyl (C=O) groups excluding carboxylic acids is 4. The second-order valence-electron chi connectivity index (χ2n) is 8.18. The number of hydrogen-bond donors (Lipinski definition) is 1. The van der Waals surface area contributed by atoms with E-state index in [-0.39, 0.29) is 41.4 Å². The molecule has 0 aromatic heterocycles. The first kappa shape index (κ1) is 21.1. The van der Waals surface area contributed by atoms with E-state index in [9.17, 15) is 19.2 Å². The zero-order valence-electron chi connectivity index (χ0n) is 17.6. The molecule has 1 aromatic carbocycles. The van der Waals surface area contributed by atoms with Gasteiger partial charge in [-0.25, -0.2) is 0 Å². The number of hydrazine groups is 1. The van der Waals surface area contributed by atoms with Gasteiger partial charge in [-0.15, -0.1) is 0 Å². The number of carbonyl (C=O) groups is 4. The van der Waals surface area contributed by atoms with Crippen molar-refractivity contribution in [1.29, 1.82) is 0 Å². The number of fused-ring (bicyclic) bond motifs is 1. The quantitative estimate of drug-likeness (QED) is 0.442. The number of likely N-dealkylation sites (tertiary alicyclic amines) is 1. The van der Waals surface area contributed by atoms with E-state index >= 15 is 0 Å². The van der Waals surface area contributed by atoms with Gasteiger partial charge >= 0.3 is 5.97 Å². The molecule has 2 fully saturated rings. The van der Waals surface area contributed by atoms with E-state index in [1.165, 1.54) is 0 Å². The first-order valence-corrected chi connectivity index (χ1v) is 10.8. The molecule has 2 atom stereocenters. The molecule has 0 saturated carbocycles. The van der Waals surface area contributed by atoms with Crippen LogP contribution in [-0.4, -0.2) is 53.3 Å². The Morgan fingerprint density at radius 2 is 1.71 bits per heavy atom. The lowest BCUT2D eigenvalue weighted by Crippen LogP contribution is -2.40. The zero-order valence-corrected chi connectivity index (χ0v) is 17.6. The minimum absolute atomic E-state index is 0.136. The summed E-state index contributed by atoms with van der Waals surface area (Å²) in [4.78, 5) is 51.9.